The zero-order chi connectivity index (χ0) is 21.9. The van der Waals surface area contributed by atoms with Crippen LogP contribution in [-0.2, 0) is 16.1 Å². The minimum absolute atomic E-state index is 0.0532. The molecule has 1 fully saturated rings. The lowest BCUT2D eigenvalue weighted by molar-refractivity contribution is -0.769. The van der Waals surface area contributed by atoms with Gasteiger partial charge in [0.05, 0.1) is 6.42 Å². The maximum atomic E-state index is 12.2. The Morgan fingerprint density at radius 2 is 1.90 bits per heavy atom. The highest BCUT2D eigenvalue weighted by Gasteiger charge is 2.23. The number of carbonyl (C=O) groups excluding carboxylic acids is 1. The van der Waals surface area contributed by atoms with Gasteiger partial charge in [0, 0.05) is 19.1 Å². The largest absolute Gasteiger partial charge is 0.491 e. The van der Waals surface area contributed by atoms with Crippen molar-refractivity contribution in [2.75, 3.05) is 19.7 Å². The monoisotopic (exact) mass is 423 g/mol. The number of nitrogens with zero attached hydrogens (tertiary/aromatic N) is 1. The molecule has 1 aromatic carbocycles. The molecule has 1 saturated carbocycles. The molecule has 9 heteroatoms. The normalized spacial score (nSPS) is 19.9. The summed E-state index contributed by atoms with van der Waals surface area (Å²) >= 11 is 0. The van der Waals surface area contributed by atoms with E-state index in [1.165, 1.54) is 0 Å². The van der Waals surface area contributed by atoms with Gasteiger partial charge < -0.3 is 25.3 Å². The van der Waals surface area contributed by atoms with Crippen LogP contribution < -0.4 is 15.4 Å². The van der Waals surface area contributed by atoms with E-state index in [2.05, 4.69) is 15.5 Å². The van der Waals surface area contributed by atoms with Crippen molar-refractivity contribution < 1.29 is 24.6 Å². The lowest BCUT2D eigenvalue weighted by atomic mass is 9.87. The van der Waals surface area contributed by atoms with Gasteiger partial charge in [-0.2, -0.15) is 0 Å². The van der Waals surface area contributed by atoms with Crippen LogP contribution in [0.4, 0.5) is 0 Å². The highest BCUT2D eigenvalue weighted by Crippen LogP contribution is 2.25. The molecule has 168 valence electrons. The Morgan fingerprint density at radius 1 is 1.23 bits per heavy atom. The molecule has 2 rings (SSSR count). The summed E-state index contributed by atoms with van der Waals surface area (Å²) in [5.41, 5.74) is 0.880. The van der Waals surface area contributed by atoms with E-state index in [0.29, 0.717) is 43.6 Å². The van der Waals surface area contributed by atoms with Gasteiger partial charge in [0.2, 0.25) is 5.91 Å². The van der Waals surface area contributed by atoms with Crippen LogP contribution in [0.15, 0.2) is 24.3 Å². The fourth-order valence-corrected chi connectivity index (χ4v) is 3.40. The molecule has 1 atom stereocenters. The Kier molecular flexibility index (Phi) is 9.82. The quantitative estimate of drug-likeness (QED) is 0.346. The molecule has 0 heterocycles. The molecule has 1 aliphatic carbocycles. The van der Waals surface area contributed by atoms with Gasteiger partial charge in [-0.3, -0.25) is 4.79 Å². The van der Waals surface area contributed by atoms with E-state index in [1.54, 1.807) is 12.1 Å². The van der Waals surface area contributed by atoms with Crippen LogP contribution in [0.1, 0.15) is 45.1 Å². The summed E-state index contributed by atoms with van der Waals surface area (Å²) < 4.78 is 5.58. The number of benzene rings is 1. The Labute approximate surface area is 177 Å². The second-order valence-electron chi connectivity index (χ2n) is 8.12. The van der Waals surface area contributed by atoms with Crippen molar-refractivity contribution in [1.29, 1.82) is 0 Å². The number of ether oxygens (including phenoxy) is 1. The van der Waals surface area contributed by atoms with Crippen LogP contribution in [0.3, 0.4) is 0 Å². The zero-order valence-corrected chi connectivity index (χ0v) is 17.7. The fourth-order valence-electron chi connectivity index (χ4n) is 3.40. The van der Waals surface area contributed by atoms with E-state index < -0.39 is 11.2 Å². The van der Waals surface area contributed by atoms with Crippen LogP contribution >= 0.6 is 0 Å². The molecule has 3 N–H and O–H groups in total. The molecule has 1 unspecified atom stereocenters. The minimum Gasteiger partial charge on any atom is -0.491 e. The molecule has 9 nitrogen and oxygen atoms in total. The summed E-state index contributed by atoms with van der Waals surface area (Å²) in [6.45, 7) is 5.28. The van der Waals surface area contributed by atoms with Crippen molar-refractivity contribution in [3.05, 3.63) is 39.9 Å². The van der Waals surface area contributed by atoms with Crippen LogP contribution in [0, 0.1) is 16.0 Å². The second-order valence-corrected chi connectivity index (χ2v) is 8.12. The maximum absolute atomic E-state index is 12.2. The van der Waals surface area contributed by atoms with E-state index in [9.17, 15) is 20.0 Å². The molecule has 1 aliphatic rings. The van der Waals surface area contributed by atoms with Gasteiger partial charge in [-0.05, 0) is 49.3 Å². The average molecular weight is 424 g/mol. The van der Waals surface area contributed by atoms with Gasteiger partial charge in [-0.15, -0.1) is 10.1 Å². The summed E-state index contributed by atoms with van der Waals surface area (Å²) in [4.78, 5) is 27.2. The fraction of sp³-hybridized carbons (Fsp3) is 0.667. The highest BCUT2D eigenvalue weighted by atomic mass is 17.0. The van der Waals surface area contributed by atoms with Crippen molar-refractivity contribution in [3.63, 3.8) is 0 Å². The second kappa shape index (κ2) is 12.3. The first-order chi connectivity index (χ1) is 14.3. The van der Waals surface area contributed by atoms with Crippen molar-refractivity contribution >= 4 is 5.91 Å². The third kappa shape index (κ3) is 9.41. The zero-order valence-electron chi connectivity index (χ0n) is 17.7. The Hall–Kier alpha value is -2.39. The van der Waals surface area contributed by atoms with Crippen molar-refractivity contribution in [2.24, 2.45) is 5.92 Å². The molecule has 1 amide bonds. The number of aliphatic hydroxyl groups is 1. The van der Waals surface area contributed by atoms with Crippen LogP contribution in [0.5, 0.6) is 5.75 Å². The lowest BCUT2D eigenvalue weighted by Crippen LogP contribution is -2.35. The first-order valence-electron chi connectivity index (χ1n) is 10.5. The van der Waals surface area contributed by atoms with E-state index in [1.807, 2.05) is 26.0 Å². The predicted octanol–water partition coefficient (Wildman–Crippen LogP) is 1.85. The number of rotatable bonds is 12. The Balaban J connectivity index is 1.64. The molecule has 0 radical (unpaired) electrons. The lowest BCUT2D eigenvalue weighted by Gasteiger charge is -2.27. The summed E-state index contributed by atoms with van der Waals surface area (Å²) in [5.74, 6) is 0.923. The molecule has 0 spiro atoms. The third-order valence-corrected chi connectivity index (χ3v) is 5.11. The molecular formula is C21H33N3O6. The Morgan fingerprint density at radius 3 is 2.50 bits per heavy atom. The number of hydrogen-bond acceptors (Lipinski definition) is 7. The molecule has 0 aliphatic heterocycles. The predicted molar refractivity (Wildman–Crippen MR) is 112 cm³/mol. The standard InChI is InChI=1S/C21H33N3O6/c1-15(2)22-13-18(25)14-29-19-7-3-16(4-8-19)11-21(26)23-12-17-5-9-20(10-6-17)30-24(27)28/h3-4,7-8,15,17-18,20,22,25H,5-6,9-14H2,1-2H3,(H,23,26)/t17-,18?,20-. The van der Waals surface area contributed by atoms with E-state index in [-0.39, 0.29) is 25.0 Å². The highest BCUT2D eigenvalue weighted by molar-refractivity contribution is 5.78. The van der Waals surface area contributed by atoms with Gasteiger partial charge in [0.15, 0.2) is 0 Å². The first kappa shape index (κ1) is 23.9. The van der Waals surface area contributed by atoms with Gasteiger partial charge in [0.25, 0.3) is 5.09 Å². The number of hydrogen-bond donors (Lipinski definition) is 3. The van der Waals surface area contributed by atoms with Crippen molar-refractivity contribution in [3.8, 4) is 5.75 Å². The summed E-state index contributed by atoms with van der Waals surface area (Å²) in [7, 11) is 0. The van der Waals surface area contributed by atoms with Gasteiger partial charge >= 0.3 is 0 Å². The number of amides is 1. The summed E-state index contributed by atoms with van der Waals surface area (Å²) in [5, 5.41) is 25.6. The number of nitrogens with one attached hydrogen (secondary N) is 2. The van der Waals surface area contributed by atoms with Gasteiger partial charge in [-0.25, -0.2) is 0 Å². The number of carbonyl (C=O) groups is 1. The van der Waals surface area contributed by atoms with E-state index in [0.717, 1.165) is 18.4 Å². The van der Waals surface area contributed by atoms with Crippen LogP contribution in [0.2, 0.25) is 0 Å². The first-order valence-corrected chi connectivity index (χ1v) is 10.5. The van der Waals surface area contributed by atoms with Crippen LogP contribution in [0.25, 0.3) is 0 Å². The van der Waals surface area contributed by atoms with Crippen molar-refractivity contribution in [1.82, 2.24) is 10.6 Å². The maximum Gasteiger partial charge on any atom is 0.294 e. The van der Waals surface area contributed by atoms with E-state index in [4.69, 9.17) is 4.74 Å². The summed E-state index contributed by atoms with van der Waals surface area (Å²) in [6.07, 6.45) is 2.28. The summed E-state index contributed by atoms with van der Waals surface area (Å²) in [6, 6.07) is 7.58. The third-order valence-electron chi connectivity index (χ3n) is 5.11. The van der Waals surface area contributed by atoms with E-state index >= 15 is 0 Å². The SMILES string of the molecule is CC(C)NCC(O)COc1ccc(CC(=O)NC[C@H]2CC[C@H](O[N+](=O)[O-])CC2)cc1. The molecule has 0 bridgehead atoms. The molecule has 1 aromatic rings. The molecule has 0 saturated heterocycles. The van der Waals surface area contributed by atoms with Gasteiger partial charge in [-0.1, -0.05) is 26.0 Å². The minimum atomic E-state index is -0.727. The average Bonchev–Trinajstić information content (AvgIpc) is 2.71. The van der Waals surface area contributed by atoms with Gasteiger partial charge in [0.1, 0.15) is 24.6 Å². The number of aliphatic hydroxyl groups excluding tert-OH is 1. The molecule has 30 heavy (non-hydrogen) atoms. The smallest absolute Gasteiger partial charge is 0.294 e. The molecular weight excluding hydrogens is 390 g/mol. The Bertz CT molecular complexity index is 659. The van der Waals surface area contributed by atoms with Crippen molar-refractivity contribution in [2.45, 2.75) is 64.2 Å². The molecule has 0 aromatic heterocycles. The van der Waals surface area contributed by atoms with Crippen LogP contribution in [-0.4, -0.2) is 54.0 Å². The topological polar surface area (TPSA) is 123 Å².